The number of nitrogens with zero attached hydrogens (tertiary/aromatic N) is 1. The molecule has 0 aliphatic carbocycles. The van der Waals surface area contributed by atoms with Crippen LogP contribution >= 0.6 is 24.0 Å². The van der Waals surface area contributed by atoms with E-state index in [2.05, 4.69) is 20.4 Å². The lowest BCUT2D eigenvalue weighted by atomic mass is 10.1. The Bertz CT molecular complexity index is 875. The van der Waals surface area contributed by atoms with Crippen LogP contribution in [0.15, 0.2) is 47.5 Å². The number of ether oxygens (including phenoxy) is 1. The molecule has 29 heavy (non-hydrogen) atoms. The minimum Gasteiger partial charge on any atom is -0.404 e. The van der Waals surface area contributed by atoms with Gasteiger partial charge in [0.1, 0.15) is 5.82 Å². The van der Waals surface area contributed by atoms with Crippen molar-refractivity contribution in [1.82, 2.24) is 5.32 Å². The first-order valence-corrected chi connectivity index (χ1v) is 8.12. The number of carbonyl (C=O) groups is 1. The molecule has 158 valence electrons. The summed E-state index contributed by atoms with van der Waals surface area (Å²) in [5, 5.41) is 5.04. The van der Waals surface area contributed by atoms with Crippen LogP contribution in [0.5, 0.6) is 5.75 Å². The van der Waals surface area contributed by atoms with Gasteiger partial charge < -0.3 is 21.1 Å². The van der Waals surface area contributed by atoms with E-state index in [4.69, 9.17) is 5.73 Å². The smallest absolute Gasteiger partial charge is 0.404 e. The lowest BCUT2D eigenvalue weighted by Crippen LogP contribution is -2.29. The Morgan fingerprint density at radius 2 is 1.90 bits per heavy atom. The van der Waals surface area contributed by atoms with Crippen molar-refractivity contribution < 1.29 is 27.1 Å². The van der Waals surface area contributed by atoms with Gasteiger partial charge in [0.25, 0.3) is 5.91 Å². The number of halogens is 5. The number of nitrogens with two attached hydrogens (primary N) is 1. The lowest BCUT2D eigenvalue weighted by molar-refractivity contribution is -0.274. The van der Waals surface area contributed by atoms with Crippen LogP contribution < -0.4 is 21.1 Å². The predicted octanol–water partition coefficient (Wildman–Crippen LogP) is 3.81. The zero-order valence-corrected chi connectivity index (χ0v) is 17.5. The molecule has 0 heterocycles. The molecule has 0 spiro atoms. The number of anilines is 1. The second-order valence-electron chi connectivity index (χ2n) is 5.66. The van der Waals surface area contributed by atoms with Crippen LogP contribution in [0.3, 0.4) is 0 Å². The van der Waals surface area contributed by atoms with Gasteiger partial charge in [0.2, 0.25) is 0 Å². The number of rotatable bonds is 6. The van der Waals surface area contributed by atoms with E-state index in [1.165, 1.54) is 30.3 Å². The van der Waals surface area contributed by atoms with Gasteiger partial charge >= 0.3 is 6.36 Å². The van der Waals surface area contributed by atoms with Gasteiger partial charge in [-0.15, -0.1) is 37.1 Å². The molecule has 0 fully saturated rings. The molecule has 0 bridgehead atoms. The molecule has 11 heteroatoms. The van der Waals surface area contributed by atoms with Crippen LogP contribution in [-0.2, 0) is 0 Å². The average Bonchev–Trinajstić information content (AvgIpc) is 2.61. The van der Waals surface area contributed by atoms with Crippen molar-refractivity contribution in [3.8, 4) is 5.75 Å². The maximum absolute atomic E-state index is 13.5. The summed E-state index contributed by atoms with van der Waals surface area (Å²) in [5.74, 6) is -1.58. The molecule has 4 N–H and O–H groups in total. The van der Waals surface area contributed by atoms with E-state index in [1.807, 2.05) is 0 Å². The Labute approximate surface area is 181 Å². The van der Waals surface area contributed by atoms with Gasteiger partial charge in [0, 0.05) is 12.1 Å². The third kappa shape index (κ3) is 8.13. The van der Waals surface area contributed by atoms with E-state index < -0.39 is 23.8 Å². The minimum absolute atomic E-state index is 0. The highest BCUT2D eigenvalue weighted by molar-refractivity contribution is 14.0. The molecule has 0 unspecified atom stereocenters. The van der Waals surface area contributed by atoms with Gasteiger partial charge in [-0.3, -0.25) is 9.79 Å². The number of hydrogen-bond acceptors (Lipinski definition) is 3. The van der Waals surface area contributed by atoms with Crippen LogP contribution in [0.2, 0.25) is 0 Å². The lowest BCUT2D eigenvalue weighted by Gasteiger charge is -2.14. The van der Waals surface area contributed by atoms with E-state index in [-0.39, 0.29) is 54.3 Å². The first kappa shape index (κ1) is 24.5. The van der Waals surface area contributed by atoms with Gasteiger partial charge in [-0.1, -0.05) is 18.2 Å². The van der Waals surface area contributed by atoms with Crippen LogP contribution in [-0.4, -0.2) is 31.3 Å². The third-order valence-electron chi connectivity index (χ3n) is 3.49. The largest absolute Gasteiger partial charge is 0.573 e. The van der Waals surface area contributed by atoms with Crippen LogP contribution in [0.25, 0.3) is 0 Å². The van der Waals surface area contributed by atoms with Gasteiger partial charge in [0.15, 0.2) is 11.7 Å². The maximum atomic E-state index is 13.5. The molecule has 2 aromatic carbocycles. The molecule has 0 aliphatic heterocycles. The van der Waals surface area contributed by atoms with Crippen molar-refractivity contribution in [2.75, 3.05) is 18.4 Å². The molecule has 2 rings (SSSR count). The fourth-order valence-corrected chi connectivity index (χ4v) is 2.14. The summed E-state index contributed by atoms with van der Waals surface area (Å²) in [4.78, 5) is 15.8. The summed E-state index contributed by atoms with van der Waals surface area (Å²) < 4.78 is 54.6. The van der Waals surface area contributed by atoms with Gasteiger partial charge in [-0.25, -0.2) is 4.39 Å². The Kier molecular flexibility index (Phi) is 9.14. The van der Waals surface area contributed by atoms with Crippen molar-refractivity contribution >= 4 is 41.5 Å². The highest BCUT2D eigenvalue weighted by atomic mass is 127. The van der Waals surface area contributed by atoms with Crippen LogP contribution in [0.1, 0.15) is 15.9 Å². The molecule has 0 aromatic heterocycles. The van der Waals surface area contributed by atoms with Crippen molar-refractivity contribution in [2.24, 2.45) is 10.7 Å². The van der Waals surface area contributed by atoms with E-state index in [1.54, 1.807) is 6.92 Å². The minimum atomic E-state index is -4.84. The number of alkyl halides is 3. The molecule has 0 saturated heterocycles. The molecule has 6 nitrogen and oxygen atoms in total. The molecule has 0 atom stereocenters. The standard InChI is InChI=1S/C18H18F4N4O2.HI/c1-11-6-7-12(10-13(11)19)16(27)24-8-9-25-17(23)26-14-4-2-3-5-15(14)28-18(20,21)22;/h2-7,10H,8-9H2,1H3,(H,24,27)(H3,23,25,26);1H. The average molecular weight is 526 g/mol. The SMILES string of the molecule is Cc1ccc(C(=O)NCCN=C(N)Nc2ccccc2OC(F)(F)F)cc1F.I. The molecule has 1 amide bonds. The highest BCUT2D eigenvalue weighted by Gasteiger charge is 2.32. The number of guanidine groups is 1. The van der Waals surface area contributed by atoms with E-state index >= 15 is 0 Å². The fourth-order valence-electron chi connectivity index (χ4n) is 2.14. The van der Waals surface area contributed by atoms with Crippen molar-refractivity contribution in [3.05, 3.63) is 59.4 Å². The van der Waals surface area contributed by atoms with Crippen molar-refractivity contribution in [2.45, 2.75) is 13.3 Å². The first-order valence-electron chi connectivity index (χ1n) is 8.12. The molecular weight excluding hydrogens is 507 g/mol. The summed E-state index contributed by atoms with van der Waals surface area (Å²) >= 11 is 0. The number of carbonyl (C=O) groups excluding carboxylic acids is 1. The van der Waals surface area contributed by atoms with Gasteiger partial charge in [-0.05, 0) is 36.8 Å². The normalized spacial score (nSPS) is 11.4. The summed E-state index contributed by atoms with van der Waals surface area (Å²) in [7, 11) is 0. The third-order valence-corrected chi connectivity index (χ3v) is 3.49. The number of hydrogen-bond donors (Lipinski definition) is 3. The van der Waals surface area contributed by atoms with E-state index in [0.717, 1.165) is 12.1 Å². The van der Waals surface area contributed by atoms with Crippen molar-refractivity contribution in [3.63, 3.8) is 0 Å². The van der Waals surface area contributed by atoms with Gasteiger partial charge in [0.05, 0.1) is 12.2 Å². The second-order valence-corrected chi connectivity index (χ2v) is 5.66. The number of para-hydroxylation sites is 2. The Morgan fingerprint density at radius 1 is 1.21 bits per heavy atom. The zero-order chi connectivity index (χ0) is 20.7. The zero-order valence-electron chi connectivity index (χ0n) is 15.2. The maximum Gasteiger partial charge on any atom is 0.573 e. The molecular formula is C18H19F4IN4O2. The first-order chi connectivity index (χ1) is 13.2. The predicted molar refractivity (Wildman–Crippen MR) is 112 cm³/mol. The summed E-state index contributed by atoms with van der Waals surface area (Å²) in [6.07, 6.45) is -4.84. The molecule has 2 aromatic rings. The Hall–Kier alpha value is -2.57. The molecule has 0 saturated carbocycles. The summed E-state index contributed by atoms with van der Waals surface area (Å²) in [5.41, 5.74) is 6.22. The number of benzene rings is 2. The number of amides is 1. The summed E-state index contributed by atoms with van der Waals surface area (Å²) in [6, 6.07) is 9.46. The van der Waals surface area contributed by atoms with Crippen LogP contribution in [0, 0.1) is 12.7 Å². The topological polar surface area (TPSA) is 88.7 Å². The number of aryl methyl sites for hydroxylation is 1. The molecule has 0 radical (unpaired) electrons. The van der Waals surface area contributed by atoms with Gasteiger partial charge in [-0.2, -0.15) is 0 Å². The second kappa shape index (κ2) is 10.8. The quantitative estimate of drug-likeness (QED) is 0.176. The van der Waals surface area contributed by atoms with Crippen LogP contribution in [0.4, 0.5) is 23.2 Å². The summed E-state index contributed by atoms with van der Waals surface area (Å²) in [6.45, 7) is 1.73. The molecule has 0 aliphatic rings. The number of aliphatic imine (C=N–C) groups is 1. The van der Waals surface area contributed by atoms with Crippen molar-refractivity contribution in [1.29, 1.82) is 0 Å². The Morgan fingerprint density at radius 3 is 2.55 bits per heavy atom. The monoisotopic (exact) mass is 526 g/mol. The van der Waals surface area contributed by atoms with E-state index in [9.17, 15) is 22.4 Å². The Balaban J connectivity index is 0.00000420. The number of nitrogens with one attached hydrogen (secondary N) is 2. The van der Waals surface area contributed by atoms with E-state index in [0.29, 0.717) is 5.56 Å². The highest BCUT2D eigenvalue weighted by Crippen LogP contribution is 2.29. The fraction of sp³-hybridized carbons (Fsp3) is 0.222.